The van der Waals surface area contributed by atoms with Crippen LogP contribution in [0.25, 0.3) is 0 Å². The Kier molecular flexibility index (Phi) is 8.16. The van der Waals surface area contributed by atoms with E-state index in [2.05, 4.69) is 16.6 Å². The van der Waals surface area contributed by atoms with Gasteiger partial charge in [0.2, 0.25) is 21.9 Å². The van der Waals surface area contributed by atoms with Crippen molar-refractivity contribution in [2.24, 2.45) is 5.92 Å². The van der Waals surface area contributed by atoms with E-state index >= 15 is 0 Å². The normalized spacial score (nSPS) is 15.8. The maximum absolute atomic E-state index is 13.4. The van der Waals surface area contributed by atoms with Crippen LogP contribution in [-0.4, -0.2) is 67.3 Å². The average Bonchev–Trinajstić information content (AvgIpc) is 3.29. The molecular formula is C21H31N5O6S. The first-order valence-electron chi connectivity index (χ1n) is 10.7. The predicted molar refractivity (Wildman–Crippen MR) is 121 cm³/mol. The van der Waals surface area contributed by atoms with Crippen LogP contribution in [0.15, 0.2) is 35.5 Å². The number of hydrogen-bond donors (Lipinski definition) is 3. The van der Waals surface area contributed by atoms with Gasteiger partial charge in [-0.25, -0.2) is 18.9 Å². The molecule has 1 fully saturated rings. The van der Waals surface area contributed by atoms with E-state index in [1.54, 1.807) is 21.7 Å². The minimum Gasteiger partial charge on any atom is -0.497 e. The number of aryl methyl sites for hydroxylation is 1. The summed E-state index contributed by atoms with van der Waals surface area (Å²) in [7, 11) is -1.31. The van der Waals surface area contributed by atoms with E-state index in [1.807, 2.05) is 5.48 Å². The largest absolute Gasteiger partial charge is 0.497 e. The van der Waals surface area contributed by atoms with Gasteiger partial charge in [0.15, 0.2) is 0 Å². The average molecular weight is 482 g/mol. The van der Waals surface area contributed by atoms with E-state index in [4.69, 9.17) is 9.47 Å². The fraction of sp³-hybridized carbons (Fsp3) is 0.524. The number of piperidine rings is 1. The van der Waals surface area contributed by atoms with Gasteiger partial charge in [-0.1, -0.05) is 6.92 Å². The van der Waals surface area contributed by atoms with Gasteiger partial charge in [-0.3, -0.25) is 10.0 Å². The van der Waals surface area contributed by atoms with E-state index in [-0.39, 0.29) is 35.5 Å². The zero-order chi connectivity index (χ0) is 24.0. The highest BCUT2D eigenvalue weighted by atomic mass is 32.2. The van der Waals surface area contributed by atoms with Crippen molar-refractivity contribution in [1.29, 1.82) is 0 Å². The minimum absolute atomic E-state index is 0.116. The lowest BCUT2D eigenvalue weighted by molar-refractivity contribution is -0.134. The number of nitrogens with zero attached hydrogens (tertiary/aromatic N) is 3. The van der Waals surface area contributed by atoms with Crippen LogP contribution in [-0.2, 0) is 21.4 Å². The van der Waals surface area contributed by atoms with Crippen LogP contribution < -0.4 is 19.7 Å². The van der Waals surface area contributed by atoms with Gasteiger partial charge in [0.25, 0.3) is 0 Å². The summed E-state index contributed by atoms with van der Waals surface area (Å²) in [5.41, 5.74) is 1.99. The highest BCUT2D eigenvalue weighted by molar-refractivity contribution is 7.89. The summed E-state index contributed by atoms with van der Waals surface area (Å²) < 4.78 is 41.2. The third-order valence-electron chi connectivity index (χ3n) is 5.83. The second kappa shape index (κ2) is 10.9. The summed E-state index contributed by atoms with van der Waals surface area (Å²) in [4.78, 5) is 18.9. The van der Waals surface area contributed by atoms with Gasteiger partial charge in [-0.05, 0) is 37.3 Å². The van der Waals surface area contributed by atoms with E-state index in [9.17, 15) is 18.4 Å². The van der Waals surface area contributed by atoms with Crippen LogP contribution in [0.2, 0.25) is 0 Å². The van der Waals surface area contributed by atoms with Crippen LogP contribution in [0.4, 0.5) is 5.95 Å². The molecule has 1 unspecified atom stereocenters. The first-order valence-corrected chi connectivity index (χ1v) is 12.2. The Morgan fingerprint density at radius 2 is 2.00 bits per heavy atom. The van der Waals surface area contributed by atoms with E-state index in [0.29, 0.717) is 24.8 Å². The van der Waals surface area contributed by atoms with Crippen molar-refractivity contribution in [1.82, 2.24) is 19.2 Å². The third-order valence-corrected chi connectivity index (χ3v) is 7.32. The first-order chi connectivity index (χ1) is 15.8. The summed E-state index contributed by atoms with van der Waals surface area (Å²) in [5.74, 6) is 0.925. The van der Waals surface area contributed by atoms with Crippen molar-refractivity contribution >= 4 is 21.9 Å². The van der Waals surface area contributed by atoms with Crippen LogP contribution in [0.5, 0.6) is 11.5 Å². The van der Waals surface area contributed by atoms with Gasteiger partial charge in [0.05, 0.1) is 14.2 Å². The van der Waals surface area contributed by atoms with Crippen molar-refractivity contribution in [2.75, 3.05) is 32.8 Å². The summed E-state index contributed by atoms with van der Waals surface area (Å²) >= 11 is 0. The number of aromatic nitrogens is 2. The maximum atomic E-state index is 13.4. The van der Waals surface area contributed by atoms with Crippen LogP contribution in [0.1, 0.15) is 26.2 Å². The monoisotopic (exact) mass is 481 g/mol. The van der Waals surface area contributed by atoms with Crippen LogP contribution in [0, 0.1) is 5.92 Å². The second-order valence-corrected chi connectivity index (χ2v) is 9.73. The summed E-state index contributed by atoms with van der Waals surface area (Å²) in [6.07, 6.45) is 5.01. The number of imidazole rings is 1. The lowest BCUT2D eigenvalue weighted by atomic mass is 9.98. The molecule has 1 saturated heterocycles. The molecule has 3 rings (SSSR count). The molecule has 182 valence electrons. The number of carbonyl (C=O) groups excluding carboxylic acids is 1. The first kappa shape index (κ1) is 24.8. The third kappa shape index (κ3) is 5.95. The number of sulfonamides is 1. The molecule has 1 amide bonds. The Balaban J connectivity index is 1.87. The molecular weight excluding hydrogens is 450 g/mol. The Bertz CT molecular complexity index is 1050. The SMILES string of the molecule is COc1ccc(OC)c(S(=O)(=O)NC(CCn2ccnc2NO)C(=O)N2CCC(C)CC2)c1. The Morgan fingerprint density at radius 1 is 1.27 bits per heavy atom. The molecule has 0 aliphatic carbocycles. The number of anilines is 1. The maximum Gasteiger partial charge on any atom is 0.245 e. The molecule has 2 heterocycles. The predicted octanol–water partition coefficient (Wildman–Crippen LogP) is 1.70. The number of benzene rings is 1. The van der Waals surface area contributed by atoms with Crippen molar-refractivity contribution in [3.8, 4) is 11.5 Å². The number of methoxy groups -OCH3 is 2. The zero-order valence-electron chi connectivity index (χ0n) is 19.0. The molecule has 1 atom stereocenters. The minimum atomic E-state index is -4.13. The van der Waals surface area contributed by atoms with Gasteiger partial charge >= 0.3 is 0 Å². The number of rotatable bonds is 10. The van der Waals surface area contributed by atoms with E-state index in [1.165, 1.54) is 32.5 Å². The highest BCUT2D eigenvalue weighted by Gasteiger charge is 2.32. The quantitative estimate of drug-likeness (QED) is 0.437. The Hall–Kier alpha value is -2.83. The molecule has 1 aliphatic heterocycles. The van der Waals surface area contributed by atoms with Gasteiger partial charge in [0.1, 0.15) is 22.4 Å². The second-order valence-electron chi connectivity index (χ2n) is 8.04. The molecule has 0 spiro atoms. The van der Waals surface area contributed by atoms with Gasteiger partial charge in [-0.2, -0.15) is 4.72 Å². The smallest absolute Gasteiger partial charge is 0.245 e. The molecule has 1 aromatic heterocycles. The molecule has 11 nitrogen and oxygen atoms in total. The zero-order valence-corrected chi connectivity index (χ0v) is 19.8. The number of nitrogens with one attached hydrogen (secondary N) is 2. The molecule has 33 heavy (non-hydrogen) atoms. The van der Waals surface area contributed by atoms with E-state index < -0.39 is 16.1 Å². The standard InChI is InChI=1S/C21H31N5O6S/c1-15-6-10-25(11-7-15)20(27)17(8-12-26-13-9-22-21(26)23-28)24-33(29,30)19-14-16(31-2)4-5-18(19)32-3/h4-5,9,13-15,17,24,28H,6-8,10-12H2,1-3H3,(H,22,23). The molecule has 1 aliphatic rings. The molecule has 0 saturated carbocycles. The Labute approximate surface area is 193 Å². The van der Waals surface area contributed by atoms with Crippen molar-refractivity contribution < 1.29 is 27.9 Å². The molecule has 2 aromatic rings. The Morgan fingerprint density at radius 3 is 2.64 bits per heavy atom. The van der Waals surface area contributed by atoms with Crippen LogP contribution in [0.3, 0.4) is 0 Å². The molecule has 3 N–H and O–H groups in total. The van der Waals surface area contributed by atoms with Crippen molar-refractivity contribution in [2.45, 2.75) is 43.7 Å². The number of ether oxygens (including phenoxy) is 2. The molecule has 0 radical (unpaired) electrons. The summed E-state index contributed by atoms with van der Waals surface area (Å²) in [6.45, 7) is 3.55. The fourth-order valence-corrected chi connectivity index (χ4v) is 5.21. The lowest BCUT2D eigenvalue weighted by Crippen LogP contribution is -2.51. The van der Waals surface area contributed by atoms with Gasteiger partial charge < -0.3 is 18.9 Å². The number of likely N-dealkylation sites (tertiary alicyclic amines) is 1. The molecule has 1 aromatic carbocycles. The molecule has 12 heteroatoms. The number of amides is 1. The lowest BCUT2D eigenvalue weighted by Gasteiger charge is -2.33. The highest BCUT2D eigenvalue weighted by Crippen LogP contribution is 2.28. The van der Waals surface area contributed by atoms with Gasteiger partial charge in [0, 0.05) is 38.1 Å². The fourth-order valence-electron chi connectivity index (χ4n) is 3.80. The number of hydrogen-bond acceptors (Lipinski definition) is 8. The molecule has 0 bridgehead atoms. The summed E-state index contributed by atoms with van der Waals surface area (Å²) in [5, 5.41) is 9.21. The topological polar surface area (TPSA) is 135 Å². The number of carbonyl (C=O) groups is 1. The van der Waals surface area contributed by atoms with Crippen LogP contribution >= 0.6 is 0 Å². The summed E-state index contributed by atoms with van der Waals surface area (Å²) in [6, 6.07) is 3.43. The van der Waals surface area contributed by atoms with E-state index in [0.717, 1.165) is 12.8 Å². The van der Waals surface area contributed by atoms with Crippen molar-refractivity contribution in [3.63, 3.8) is 0 Å². The van der Waals surface area contributed by atoms with Gasteiger partial charge in [-0.15, -0.1) is 0 Å². The van der Waals surface area contributed by atoms with Crippen molar-refractivity contribution in [3.05, 3.63) is 30.6 Å².